The predicted octanol–water partition coefficient (Wildman–Crippen LogP) is 3.04. The fraction of sp³-hybridized carbons (Fsp3) is 0.538. The Bertz CT molecular complexity index is 428. The number of carbonyl (C=O) groups excluding carboxylic acids is 1. The highest BCUT2D eigenvalue weighted by atomic mass is 35.5. The maximum Gasteiger partial charge on any atom is 0.251 e. The Balaban J connectivity index is 2.59. The molecule has 0 saturated carbocycles. The maximum absolute atomic E-state index is 12.1. The number of aromatic nitrogens is 1. The summed E-state index contributed by atoms with van der Waals surface area (Å²) >= 11 is 7.75. The van der Waals surface area contributed by atoms with Gasteiger partial charge < -0.3 is 10.6 Å². The van der Waals surface area contributed by atoms with Gasteiger partial charge in [0.25, 0.3) is 5.91 Å². The Kier molecular flexibility index (Phi) is 7.02. The number of halogens is 1. The van der Waals surface area contributed by atoms with Crippen molar-refractivity contribution in [2.75, 3.05) is 23.9 Å². The fourth-order valence-electron chi connectivity index (χ4n) is 1.54. The van der Waals surface area contributed by atoms with Gasteiger partial charge in [-0.05, 0) is 37.0 Å². The molecule has 0 spiro atoms. The van der Waals surface area contributed by atoms with Gasteiger partial charge in [-0.25, -0.2) is 4.98 Å². The first kappa shape index (κ1) is 16.1. The van der Waals surface area contributed by atoms with E-state index in [9.17, 15) is 4.79 Å². The smallest absolute Gasteiger partial charge is 0.251 e. The molecule has 0 fully saturated rings. The van der Waals surface area contributed by atoms with Crippen molar-refractivity contribution >= 4 is 35.1 Å². The topological polar surface area (TPSA) is 54.0 Å². The molecule has 1 unspecified atom stereocenters. The Morgan fingerprint density at radius 3 is 2.89 bits per heavy atom. The quantitative estimate of drug-likeness (QED) is 0.600. The van der Waals surface area contributed by atoms with Crippen LogP contribution in [0.15, 0.2) is 12.1 Å². The summed E-state index contributed by atoms with van der Waals surface area (Å²) in [5, 5.41) is 6.16. The van der Waals surface area contributed by atoms with Crippen LogP contribution in [0.25, 0.3) is 0 Å². The third kappa shape index (κ3) is 5.70. The molecule has 19 heavy (non-hydrogen) atoms. The number of hydrogen-bond donors (Lipinski definition) is 2. The molecule has 0 aliphatic rings. The van der Waals surface area contributed by atoms with E-state index < -0.39 is 0 Å². The van der Waals surface area contributed by atoms with E-state index in [0.29, 0.717) is 16.5 Å². The number of nitrogens with one attached hydrogen (secondary N) is 2. The summed E-state index contributed by atoms with van der Waals surface area (Å²) in [6, 6.07) is 3.41. The number of anilines is 1. The molecule has 0 saturated heterocycles. The molecule has 6 heteroatoms. The monoisotopic (exact) mass is 301 g/mol. The lowest BCUT2D eigenvalue weighted by Gasteiger charge is -2.14. The van der Waals surface area contributed by atoms with Crippen molar-refractivity contribution in [3.05, 3.63) is 22.8 Å². The molecular formula is C13H20ClN3OS. The summed E-state index contributed by atoms with van der Waals surface area (Å²) in [7, 11) is 1.74. The first-order chi connectivity index (χ1) is 9.06. The van der Waals surface area contributed by atoms with E-state index in [0.717, 1.165) is 17.9 Å². The molecule has 2 N–H and O–H groups in total. The Labute approximate surface area is 123 Å². The molecule has 1 rings (SSSR count). The molecule has 0 aromatic carbocycles. The second kappa shape index (κ2) is 8.27. The van der Waals surface area contributed by atoms with Crippen LogP contribution in [0.1, 0.15) is 30.6 Å². The van der Waals surface area contributed by atoms with Gasteiger partial charge in [0.15, 0.2) is 0 Å². The predicted molar refractivity (Wildman–Crippen MR) is 83.3 cm³/mol. The number of rotatable bonds is 7. The van der Waals surface area contributed by atoms with Crippen LogP contribution in [0.3, 0.4) is 0 Å². The van der Waals surface area contributed by atoms with Gasteiger partial charge in [0.05, 0.1) is 0 Å². The van der Waals surface area contributed by atoms with Crippen LogP contribution in [-0.4, -0.2) is 35.5 Å². The van der Waals surface area contributed by atoms with Crippen LogP contribution >= 0.6 is 23.4 Å². The highest BCUT2D eigenvalue weighted by Gasteiger charge is 2.11. The summed E-state index contributed by atoms with van der Waals surface area (Å²) in [5.41, 5.74) is 0.527. The van der Waals surface area contributed by atoms with Gasteiger partial charge in [0, 0.05) is 18.7 Å². The Morgan fingerprint density at radius 2 is 2.26 bits per heavy atom. The van der Waals surface area contributed by atoms with Crippen molar-refractivity contribution < 1.29 is 4.79 Å². The summed E-state index contributed by atoms with van der Waals surface area (Å²) in [5.74, 6) is 2.63. The normalized spacial score (nSPS) is 12.0. The third-order valence-corrected chi connectivity index (χ3v) is 3.72. The zero-order chi connectivity index (χ0) is 14.3. The highest BCUT2D eigenvalue weighted by Crippen LogP contribution is 2.14. The van der Waals surface area contributed by atoms with Crippen LogP contribution in [0.2, 0.25) is 5.15 Å². The summed E-state index contributed by atoms with van der Waals surface area (Å²) in [6.07, 6.45) is 0.960. The minimum absolute atomic E-state index is 0.116. The first-order valence-corrected chi connectivity index (χ1v) is 7.84. The van der Waals surface area contributed by atoms with E-state index in [1.807, 2.05) is 18.7 Å². The maximum atomic E-state index is 12.1. The number of carbonyl (C=O) groups is 1. The van der Waals surface area contributed by atoms with Gasteiger partial charge in [-0.1, -0.05) is 18.5 Å². The molecule has 1 amide bonds. The minimum Gasteiger partial charge on any atom is -0.373 e. The van der Waals surface area contributed by atoms with Crippen LogP contribution in [0, 0.1) is 0 Å². The summed E-state index contributed by atoms with van der Waals surface area (Å²) in [6.45, 7) is 4.14. The zero-order valence-electron chi connectivity index (χ0n) is 11.5. The van der Waals surface area contributed by atoms with Gasteiger partial charge in [-0.3, -0.25) is 4.79 Å². The fourth-order valence-corrected chi connectivity index (χ4v) is 2.56. The summed E-state index contributed by atoms with van der Waals surface area (Å²) < 4.78 is 0. The summed E-state index contributed by atoms with van der Waals surface area (Å²) in [4.78, 5) is 16.1. The van der Waals surface area contributed by atoms with E-state index in [1.165, 1.54) is 0 Å². The van der Waals surface area contributed by atoms with Gasteiger partial charge >= 0.3 is 0 Å². The number of hydrogen-bond acceptors (Lipinski definition) is 4. The van der Waals surface area contributed by atoms with Crippen molar-refractivity contribution in [1.82, 2.24) is 10.3 Å². The van der Waals surface area contributed by atoms with E-state index in [-0.39, 0.29) is 11.9 Å². The average Bonchev–Trinajstić information content (AvgIpc) is 2.38. The van der Waals surface area contributed by atoms with E-state index in [4.69, 9.17) is 11.6 Å². The molecule has 1 heterocycles. The average molecular weight is 302 g/mol. The van der Waals surface area contributed by atoms with Gasteiger partial charge in [0.2, 0.25) is 0 Å². The molecular weight excluding hydrogens is 282 g/mol. The van der Waals surface area contributed by atoms with Crippen LogP contribution in [0.5, 0.6) is 0 Å². The molecule has 0 aliphatic carbocycles. The molecule has 0 radical (unpaired) electrons. The largest absolute Gasteiger partial charge is 0.373 e. The highest BCUT2D eigenvalue weighted by molar-refractivity contribution is 7.99. The number of pyridine rings is 1. The Hall–Kier alpha value is -0.940. The second-order valence-electron chi connectivity index (χ2n) is 4.17. The third-order valence-electron chi connectivity index (χ3n) is 2.59. The molecule has 1 aromatic heterocycles. The van der Waals surface area contributed by atoms with Crippen molar-refractivity contribution in [1.29, 1.82) is 0 Å². The second-order valence-corrected chi connectivity index (χ2v) is 5.95. The van der Waals surface area contributed by atoms with E-state index >= 15 is 0 Å². The van der Waals surface area contributed by atoms with Gasteiger partial charge in [-0.2, -0.15) is 11.8 Å². The molecule has 0 aliphatic heterocycles. The molecule has 1 aromatic rings. The van der Waals surface area contributed by atoms with Crippen molar-refractivity contribution in [2.45, 2.75) is 26.3 Å². The SMILES string of the molecule is CCSCCC(C)NC(=O)c1cc(Cl)nc(NC)c1. The number of nitrogens with zero attached hydrogens (tertiary/aromatic N) is 1. The van der Waals surface area contributed by atoms with Gasteiger partial charge in [-0.15, -0.1) is 0 Å². The zero-order valence-corrected chi connectivity index (χ0v) is 13.1. The van der Waals surface area contributed by atoms with Crippen LogP contribution in [0.4, 0.5) is 5.82 Å². The lowest BCUT2D eigenvalue weighted by atomic mass is 10.2. The van der Waals surface area contributed by atoms with Crippen LogP contribution < -0.4 is 10.6 Å². The standard InChI is InChI=1S/C13H20ClN3OS/c1-4-19-6-5-9(2)16-13(18)10-7-11(14)17-12(8-10)15-3/h7-9H,4-6H2,1-3H3,(H,15,17)(H,16,18). The molecule has 0 bridgehead atoms. The van der Waals surface area contributed by atoms with Crippen molar-refractivity contribution in [3.63, 3.8) is 0 Å². The first-order valence-electron chi connectivity index (χ1n) is 6.30. The number of thioether (sulfide) groups is 1. The Morgan fingerprint density at radius 1 is 1.53 bits per heavy atom. The van der Waals surface area contributed by atoms with Crippen molar-refractivity contribution in [3.8, 4) is 0 Å². The van der Waals surface area contributed by atoms with E-state index in [1.54, 1.807) is 19.2 Å². The lowest BCUT2D eigenvalue weighted by molar-refractivity contribution is 0.0939. The number of amides is 1. The lowest BCUT2D eigenvalue weighted by Crippen LogP contribution is -2.33. The van der Waals surface area contributed by atoms with E-state index in [2.05, 4.69) is 22.5 Å². The van der Waals surface area contributed by atoms with Crippen LogP contribution in [-0.2, 0) is 0 Å². The van der Waals surface area contributed by atoms with Gasteiger partial charge in [0.1, 0.15) is 11.0 Å². The molecule has 4 nitrogen and oxygen atoms in total. The molecule has 106 valence electrons. The molecule has 1 atom stereocenters. The minimum atomic E-state index is -0.116. The van der Waals surface area contributed by atoms with Crippen molar-refractivity contribution in [2.24, 2.45) is 0 Å².